The lowest BCUT2D eigenvalue weighted by atomic mass is 9.86. The molecule has 1 aliphatic heterocycles. The summed E-state index contributed by atoms with van der Waals surface area (Å²) >= 11 is 0. The van der Waals surface area contributed by atoms with Crippen molar-refractivity contribution in [2.75, 3.05) is 0 Å². The van der Waals surface area contributed by atoms with E-state index in [1.165, 1.54) is 24.1 Å². The average molecular weight is 185 g/mol. The molecule has 3 unspecified atom stereocenters. The van der Waals surface area contributed by atoms with E-state index in [1.807, 2.05) is 0 Å². The van der Waals surface area contributed by atoms with Crippen LogP contribution in [0.15, 0.2) is 29.3 Å². The Bertz CT molecular complexity index is 381. The summed E-state index contributed by atoms with van der Waals surface area (Å²) < 4.78 is 0. The number of aliphatic imine (C=N–C) groups is 1. The zero-order chi connectivity index (χ0) is 9.54. The lowest BCUT2D eigenvalue weighted by Gasteiger charge is -2.22. The first-order chi connectivity index (χ1) is 6.84. The summed E-state index contributed by atoms with van der Waals surface area (Å²) in [5, 5.41) is 0. The van der Waals surface area contributed by atoms with Gasteiger partial charge in [-0.2, -0.15) is 0 Å². The predicted octanol–water partition coefficient (Wildman–Crippen LogP) is 3.53. The molecular weight excluding hydrogens is 170 g/mol. The highest BCUT2D eigenvalue weighted by Gasteiger charge is 2.34. The molecule has 1 aromatic rings. The van der Waals surface area contributed by atoms with E-state index in [0.29, 0.717) is 5.92 Å². The molecule has 0 radical (unpaired) electrons. The van der Waals surface area contributed by atoms with E-state index in [2.05, 4.69) is 42.4 Å². The first-order valence-corrected chi connectivity index (χ1v) is 5.47. The number of rotatable bonds is 0. The van der Waals surface area contributed by atoms with Crippen LogP contribution in [0.25, 0.3) is 0 Å². The zero-order valence-corrected chi connectivity index (χ0v) is 8.48. The molecule has 0 bridgehead atoms. The van der Waals surface area contributed by atoms with Crippen molar-refractivity contribution in [1.82, 2.24) is 0 Å². The van der Waals surface area contributed by atoms with E-state index < -0.39 is 0 Å². The molecule has 1 heteroatoms. The van der Waals surface area contributed by atoms with Crippen molar-refractivity contribution in [1.29, 1.82) is 0 Å². The number of fused-ring (bicyclic) bond motifs is 3. The fourth-order valence-corrected chi connectivity index (χ4v) is 2.95. The SMILES string of the molecule is CC1CC2C=Nc3ccccc3C2C1. The van der Waals surface area contributed by atoms with Crippen LogP contribution in [0.3, 0.4) is 0 Å². The van der Waals surface area contributed by atoms with E-state index in [4.69, 9.17) is 0 Å². The molecule has 0 N–H and O–H groups in total. The minimum Gasteiger partial charge on any atom is -0.261 e. The summed E-state index contributed by atoms with van der Waals surface area (Å²) in [6, 6.07) is 8.60. The fourth-order valence-electron chi connectivity index (χ4n) is 2.95. The summed E-state index contributed by atoms with van der Waals surface area (Å²) in [5.41, 5.74) is 2.67. The van der Waals surface area contributed by atoms with Gasteiger partial charge in [-0.3, -0.25) is 4.99 Å². The van der Waals surface area contributed by atoms with Crippen LogP contribution in [0.4, 0.5) is 5.69 Å². The van der Waals surface area contributed by atoms with Crippen molar-refractivity contribution in [3.05, 3.63) is 29.8 Å². The van der Waals surface area contributed by atoms with Crippen LogP contribution >= 0.6 is 0 Å². The summed E-state index contributed by atoms with van der Waals surface area (Å²) in [6.07, 6.45) is 4.84. The van der Waals surface area contributed by atoms with Gasteiger partial charge in [0.25, 0.3) is 0 Å². The van der Waals surface area contributed by atoms with Crippen LogP contribution in [-0.4, -0.2) is 6.21 Å². The second-order valence-electron chi connectivity index (χ2n) is 4.68. The lowest BCUT2D eigenvalue weighted by Crippen LogP contribution is -2.11. The lowest BCUT2D eigenvalue weighted by molar-refractivity contribution is 0.596. The molecule has 3 rings (SSSR count). The summed E-state index contributed by atoms with van der Waals surface area (Å²) in [5.74, 6) is 2.32. The minimum atomic E-state index is 0.708. The van der Waals surface area contributed by atoms with E-state index >= 15 is 0 Å². The molecule has 1 aliphatic carbocycles. The highest BCUT2D eigenvalue weighted by atomic mass is 14.8. The first-order valence-electron chi connectivity index (χ1n) is 5.47. The minimum absolute atomic E-state index is 0.708. The van der Waals surface area contributed by atoms with Gasteiger partial charge in [0.15, 0.2) is 0 Å². The van der Waals surface area contributed by atoms with E-state index in [1.54, 1.807) is 0 Å². The highest BCUT2D eigenvalue weighted by Crippen LogP contribution is 2.47. The van der Waals surface area contributed by atoms with Gasteiger partial charge in [0.05, 0.1) is 5.69 Å². The number of para-hydroxylation sites is 1. The molecule has 72 valence electrons. The summed E-state index contributed by atoms with van der Waals surface area (Å²) in [4.78, 5) is 4.55. The Labute approximate surface area is 84.9 Å². The van der Waals surface area contributed by atoms with E-state index in [0.717, 1.165) is 11.8 Å². The maximum Gasteiger partial charge on any atom is 0.0660 e. The average Bonchev–Trinajstić information content (AvgIpc) is 2.59. The van der Waals surface area contributed by atoms with Gasteiger partial charge in [-0.05, 0) is 36.3 Å². The molecular formula is C13H15N. The molecule has 1 heterocycles. The Morgan fingerprint density at radius 3 is 3.00 bits per heavy atom. The van der Waals surface area contributed by atoms with Gasteiger partial charge in [-0.25, -0.2) is 0 Å². The quantitative estimate of drug-likeness (QED) is 0.586. The monoisotopic (exact) mass is 185 g/mol. The van der Waals surface area contributed by atoms with Crippen LogP contribution in [0.1, 0.15) is 31.2 Å². The highest BCUT2D eigenvalue weighted by molar-refractivity contribution is 5.73. The number of benzene rings is 1. The molecule has 0 saturated heterocycles. The van der Waals surface area contributed by atoms with E-state index in [9.17, 15) is 0 Å². The molecule has 1 nitrogen and oxygen atoms in total. The molecule has 14 heavy (non-hydrogen) atoms. The second-order valence-corrected chi connectivity index (χ2v) is 4.68. The Balaban J connectivity index is 2.07. The summed E-state index contributed by atoms with van der Waals surface area (Å²) in [7, 11) is 0. The van der Waals surface area contributed by atoms with Gasteiger partial charge in [0.2, 0.25) is 0 Å². The smallest absolute Gasteiger partial charge is 0.0660 e. The largest absolute Gasteiger partial charge is 0.261 e. The van der Waals surface area contributed by atoms with Crippen molar-refractivity contribution in [3.63, 3.8) is 0 Å². The van der Waals surface area contributed by atoms with Crippen LogP contribution in [0.5, 0.6) is 0 Å². The molecule has 1 aromatic carbocycles. The van der Waals surface area contributed by atoms with Gasteiger partial charge in [0, 0.05) is 12.1 Å². The summed E-state index contributed by atoms with van der Waals surface area (Å²) in [6.45, 7) is 2.36. The van der Waals surface area contributed by atoms with Crippen molar-refractivity contribution >= 4 is 11.9 Å². The van der Waals surface area contributed by atoms with Crippen molar-refractivity contribution in [2.45, 2.75) is 25.7 Å². The maximum absolute atomic E-state index is 4.55. The van der Waals surface area contributed by atoms with Crippen LogP contribution in [0.2, 0.25) is 0 Å². The standard InChI is InChI=1S/C13H15N/c1-9-6-10-8-14-13-5-3-2-4-11(13)12(10)7-9/h2-5,8-10,12H,6-7H2,1H3. The molecule has 0 amide bonds. The number of nitrogens with zero attached hydrogens (tertiary/aromatic N) is 1. The first kappa shape index (κ1) is 8.22. The molecule has 0 aromatic heterocycles. The van der Waals surface area contributed by atoms with E-state index in [-0.39, 0.29) is 0 Å². The van der Waals surface area contributed by atoms with Crippen LogP contribution < -0.4 is 0 Å². The molecule has 2 aliphatic rings. The van der Waals surface area contributed by atoms with Crippen molar-refractivity contribution < 1.29 is 0 Å². The Hall–Kier alpha value is -1.11. The molecule has 3 atom stereocenters. The third kappa shape index (κ3) is 1.12. The zero-order valence-electron chi connectivity index (χ0n) is 8.48. The van der Waals surface area contributed by atoms with Gasteiger partial charge in [-0.15, -0.1) is 0 Å². The topological polar surface area (TPSA) is 12.4 Å². The Morgan fingerprint density at radius 1 is 1.21 bits per heavy atom. The van der Waals surface area contributed by atoms with Crippen molar-refractivity contribution in [3.8, 4) is 0 Å². The van der Waals surface area contributed by atoms with Crippen LogP contribution in [-0.2, 0) is 0 Å². The number of hydrogen-bond acceptors (Lipinski definition) is 1. The van der Waals surface area contributed by atoms with Crippen molar-refractivity contribution in [2.24, 2.45) is 16.8 Å². The normalized spacial score (nSPS) is 33.9. The van der Waals surface area contributed by atoms with Crippen LogP contribution in [0, 0.1) is 11.8 Å². The van der Waals surface area contributed by atoms with Gasteiger partial charge in [0.1, 0.15) is 0 Å². The second kappa shape index (κ2) is 2.94. The number of hydrogen-bond donors (Lipinski definition) is 0. The third-order valence-electron chi connectivity index (χ3n) is 3.59. The predicted molar refractivity (Wildman–Crippen MR) is 59.2 cm³/mol. The van der Waals surface area contributed by atoms with Gasteiger partial charge in [-0.1, -0.05) is 25.1 Å². The Morgan fingerprint density at radius 2 is 2.07 bits per heavy atom. The van der Waals surface area contributed by atoms with Gasteiger partial charge < -0.3 is 0 Å². The Kier molecular flexibility index (Phi) is 1.73. The molecule has 0 spiro atoms. The maximum atomic E-state index is 4.55. The fraction of sp³-hybridized carbons (Fsp3) is 0.462. The molecule has 1 saturated carbocycles. The molecule has 1 fully saturated rings. The third-order valence-corrected chi connectivity index (χ3v) is 3.59. The van der Waals surface area contributed by atoms with Gasteiger partial charge >= 0.3 is 0 Å².